The average Bonchev–Trinajstić information content (AvgIpc) is 3.16. The third kappa shape index (κ3) is 5.12. The Morgan fingerprint density at radius 3 is 2.52 bits per heavy atom. The van der Waals surface area contributed by atoms with Crippen LogP contribution in [-0.2, 0) is 4.79 Å². The molecular weight excluding hydrogens is 366 g/mol. The Morgan fingerprint density at radius 1 is 1.11 bits per heavy atom. The van der Waals surface area contributed by atoms with E-state index in [0.29, 0.717) is 10.8 Å². The molecular formula is C20H18ClN3O3. The zero-order chi connectivity index (χ0) is 19.1. The minimum atomic E-state index is -0.358. The third-order valence-electron chi connectivity index (χ3n) is 3.70. The maximum absolute atomic E-state index is 11.8. The summed E-state index contributed by atoms with van der Waals surface area (Å²) >= 11 is 5.80. The molecule has 1 N–H and O–H groups in total. The molecule has 0 spiro atoms. The van der Waals surface area contributed by atoms with Gasteiger partial charge >= 0.3 is 0 Å². The highest BCUT2D eigenvalue weighted by Gasteiger charge is 2.04. The van der Waals surface area contributed by atoms with Crippen molar-refractivity contribution in [2.24, 2.45) is 5.10 Å². The summed E-state index contributed by atoms with van der Waals surface area (Å²) in [5, 5.41) is 4.60. The van der Waals surface area contributed by atoms with Crippen LogP contribution in [0, 0.1) is 0 Å². The maximum atomic E-state index is 11.8. The fraction of sp³-hybridized carbons (Fsp3) is 0.100. The van der Waals surface area contributed by atoms with Crippen LogP contribution < -0.4 is 14.9 Å². The number of ether oxygens (including phenoxy) is 2. The first kappa shape index (κ1) is 18.5. The Labute approximate surface area is 162 Å². The molecule has 1 aromatic heterocycles. The number of carbonyl (C=O) groups excluding carboxylic acids is 1. The Morgan fingerprint density at radius 2 is 1.81 bits per heavy atom. The van der Waals surface area contributed by atoms with Gasteiger partial charge in [-0.05, 0) is 60.7 Å². The van der Waals surface area contributed by atoms with Gasteiger partial charge in [0.25, 0.3) is 5.91 Å². The maximum Gasteiger partial charge on any atom is 0.277 e. The summed E-state index contributed by atoms with van der Waals surface area (Å²) < 4.78 is 12.5. The summed E-state index contributed by atoms with van der Waals surface area (Å²) in [5.41, 5.74) is 4.22. The summed E-state index contributed by atoms with van der Waals surface area (Å²) in [6.45, 7) is -0.140. The van der Waals surface area contributed by atoms with Crippen molar-refractivity contribution < 1.29 is 14.3 Å². The van der Waals surface area contributed by atoms with Crippen LogP contribution in [0.15, 0.2) is 72.0 Å². The van der Waals surface area contributed by atoms with Crippen molar-refractivity contribution in [3.05, 3.63) is 77.6 Å². The molecule has 0 bridgehead atoms. The van der Waals surface area contributed by atoms with Crippen LogP contribution in [0.5, 0.6) is 11.5 Å². The van der Waals surface area contributed by atoms with Crippen LogP contribution in [0.4, 0.5) is 0 Å². The topological polar surface area (TPSA) is 64.8 Å². The van der Waals surface area contributed by atoms with Gasteiger partial charge in [-0.3, -0.25) is 4.79 Å². The van der Waals surface area contributed by atoms with Crippen molar-refractivity contribution in [1.82, 2.24) is 9.99 Å². The van der Waals surface area contributed by atoms with Crippen molar-refractivity contribution in [2.45, 2.75) is 0 Å². The molecule has 27 heavy (non-hydrogen) atoms. The molecule has 1 amide bonds. The predicted octanol–water partition coefficient (Wildman–Crippen LogP) is 3.67. The quantitative estimate of drug-likeness (QED) is 0.500. The lowest BCUT2D eigenvalue weighted by atomic mass is 10.3. The fourth-order valence-corrected chi connectivity index (χ4v) is 2.49. The van der Waals surface area contributed by atoms with Gasteiger partial charge in [-0.2, -0.15) is 5.10 Å². The number of hydrazone groups is 1. The van der Waals surface area contributed by atoms with Gasteiger partial charge in [-0.1, -0.05) is 11.6 Å². The second-order valence-electron chi connectivity index (χ2n) is 5.54. The van der Waals surface area contributed by atoms with Gasteiger partial charge in [0.15, 0.2) is 6.61 Å². The highest BCUT2D eigenvalue weighted by Crippen LogP contribution is 2.17. The highest BCUT2D eigenvalue weighted by molar-refractivity contribution is 6.30. The number of nitrogens with one attached hydrogen (secondary N) is 1. The van der Waals surface area contributed by atoms with Crippen molar-refractivity contribution in [3.8, 4) is 17.2 Å². The van der Waals surface area contributed by atoms with Gasteiger partial charge in [0.1, 0.15) is 11.5 Å². The third-order valence-corrected chi connectivity index (χ3v) is 3.95. The molecule has 3 rings (SSSR count). The Bertz CT molecular complexity index is 918. The largest absolute Gasteiger partial charge is 0.497 e. The average molecular weight is 384 g/mol. The molecule has 138 valence electrons. The molecule has 3 aromatic rings. The van der Waals surface area contributed by atoms with Crippen LogP contribution >= 0.6 is 11.6 Å². The number of nitrogens with zero attached hydrogens (tertiary/aromatic N) is 2. The van der Waals surface area contributed by atoms with E-state index >= 15 is 0 Å². The molecule has 0 radical (unpaired) electrons. The smallest absolute Gasteiger partial charge is 0.277 e. The molecule has 1 heterocycles. The molecule has 7 heteroatoms. The Kier molecular flexibility index (Phi) is 6.12. The summed E-state index contributed by atoms with van der Waals surface area (Å²) in [6.07, 6.45) is 3.49. The van der Waals surface area contributed by atoms with Crippen LogP contribution in [0.25, 0.3) is 5.69 Å². The molecule has 0 atom stereocenters. The molecule has 0 saturated carbocycles. The van der Waals surface area contributed by atoms with E-state index in [1.54, 1.807) is 37.6 Å². The van der Waals surface area contributed by atoms with E-state index in [4.69, 9.17) is 21.1 Å². The lowest BCUT2D eigenvalue weighted by molar-refractivity contribution is -0.123. The first-order chi connectivity index (χ1) is 13.2. The van der Waals surface area contributed by atoms with E-state index < -0.39 is 0 Å². The number of rotatable bonds is 7. The van der Waals surface area contributed by atoms with Gasteiger partial charge in [0, 0.05) is 16.9 Å². The van der Waals surface area contributed by atoms with E-state index in [2.05, 4.69) is 10.5 Å². The molecule has 0 saturated heterocycles. The van der Waals surface area contributed by atoms with E-state index in [1.165, 1.54) is 0 Å². The van der Waals surface area contributed by atoms with Crippen LogP contribution in [0.1, 0.15) is 5.69 Å². The molecule has 0 aliphatic heterocycles. The van der Waals surface area contributed by atoms with Crippen molar-refractivity contribution in [2.75, 3.05) is 13.7 Å². The molecule has 0 aliphatic rings. The predicted molar refractivity (Wildman–Crippen MR) is 105 cm³/mol. The summed E-state index contributed by atoms with van der Waals surface area (Å²) in [5.74, 6) is 0.990. The number of halogens is 1. The van der Waals surface area contributed by atoms with Gasteiger partial charge in [0.05, 0.1) is 19.0 Å². The van der Waals surface area contributed by atoms with E-state index in [0.717, 1.165) is 17.1 Å². The second-order valence-corrected chi connectivity index (χ2v) is 5.97. The molecule has 0 aliphatic carbocycles. The summed E-state index contributed by atoms with van der Waals surface area (Å²) in [4.78, 5) is 11.8. The normalized spacial score (nSPS) is 10.7. The summed E-state index contributed by atoms with van der Waals surface area (Å²) in [6, 6.07) is 18.2. The van der Waals surface area contributed by atoms with Crippen LogP contribution in [0.3, 0.4) is 0 Å². The first-order valence-corrected chi connectivity index (χ1v) is 8.55. The highest BCUT2D eigenvalue weighted by atomic mass is 35.5. The van der Waals surface area contributed by atoms with E-state index in [1.807, 2.05) is 47.2 Å². The number of amides is 1. The molecule has 0 unspecified atom stereocenters. The van der Waals surface area contributed by atoms with Crippen LogP contribution in [-0.4, -0.2) is 30.4 Å². The zero-order valence-electron chi connectivity index (χ0n) is 14.6. The second kappa shape index (κ2) is 8.91. The molecule has 0 fully saturated rings. The van der Waals surface area contributed by atoms with E-state index in [9.17, 15) is 4.79 Å². The lowest BCUT2D eigenvalue weighted by Crippen LogP contribution is -2.24. The Hall–Kier alpha value is -3.25. The van der Waals surface area contributed by atoms with E-state index in [-0.39, 0.29) is 12.5 Å². The number of carbonyl (C=O) groups is 1. The Balaban J connectivity index is 1.56. The molecule has 2 aromatic carbocycles. The number of aromatic nitrogens is 1. The van der Waals surface area contributed by atoms with Crippen molar-refractivity contribution in [1.29, 1.82) is 0 Å². The van der Waals surface area contributed by atoms with Gasteiger partial charge in [-0.15, -0.1) is 0 Å². The number of methoxy groups -OCH3 is 1. The van der Waals surface area contributed by atoms with Gasteiger partial charge < -0.3 is 14.0 Å². The first-order valence-electron chi connectivity index (χ1n) is 8.18. The van der Waals surface area contributed by atoms with Crippen LogP contribution in [0.2, 0.25) is 5.02 Å². The number of hydrogen-bond acceptors (Lipinski definition) is 4. The van der Waals surface area contributed by atoms with Gasteiger partial charge in [0.2, 0.25) is 0 Å². The number of hydrogen-bond donors (Lipinski definition) is 1. The molecule has 6 nitrogen and oxygen atoms in total. The van der Waals surface area contributed by atoms with Gasteiger partial charge in [-0.25, -0.2) is 5.43 Å². The monoisotopic (exact) mass is 383 g/mol. The lowest BCUT2D eigenvalue weighted by Gasteiger charge is -2.07. The SMILES string of the molecule is COc1ccc(-n2cccc2/C=N\NC(=O)COc2ccc(Cl)cc2)cc1. The summed E-state index contributed by atoms with van der Waals surface area (Å²) in [7, 11) is 1.63. The van der Waals surface area contributed by atoms with Crippen molar-refractivity contribution >= 4 is 23.7 Å². The number of benzene rings is 2. The standard InChI is InChI=1S/C20H18ClN3O3/c1-26-18-10-6-16(7-11-18)24-12-2-3-17(24)13-22-23-20(25)14-27-19-8-4-15(21)5-9-19/h2-13H,14H2,1H3,(H,23,25)/b22-13-. The minimum absolute atomic E-state index is 0.140. The minimum Gasteiger partial charge on any atom is -0.497 e. The van der Waals surface area contributed by atoms with Crippen molar-refractivity contribution in [3.63, 3.8) is 0 Å². The fourth-order valence-electron chi connectivity index (χ4n) is 2.36. The zero-order valence-corrected chi connectivity index (χ0v) is 15.4.